The van der Waals surface area contributed by atoms with Crippen LogP contribution >= 0.6 is 11.6 Å². The molecule has 1 heterocycles. The zero-order chi connectivity index (χ0) is 13.3. The maximum Gasteiger partial charge on any atom is 0.270 e. The Labute approximate surface area is 112 Å². The summed E-state index contributed by atoms with van der Waals surface area (Å²) in [6.07, 6.45) is 2.55. The summed E-state index contributed by atoms with van der Waals surface area (Å²) >= 11 is 5.83. The van der Waals surface area contributed by atoms with Crippen LogP contribution in [0.3, 0.4) is 0 Å². The summed E-state index contributed by atoms with van der Waals surface area (Å²) in [5.74, 6) is -0.190. The highest BCUT2D eigenvalue weighted by atomic mass is 35.5. The number of amides is 1. The second-order valence-electron chi connectivity index (χ2n) is 5.17. The zero-order valence-electron chi connectivity index (χ0n) is 10.7. The van der Waals surface area contributed by atoms with Gasteiger partial charge in [0.05, 0.1) is 6.10 Å². The number of rotatable bonds is 3. The lowest BCUT2D eigenvalue weighted by Crippen LogP contribution is -2.61. The molecule has 1 fully saturated rings. The average Bonchev–Trinajstić information content (AvgIpc) is 2.33. The van der Waals surface area contributed by atoms with Crippen molar-refractivity contribution in [3.63, 3.8) is 0 Å². The minimum atomic E-state index is -0.190. The lowest BCUT2D eigenvalue weighted by Gasteiger charge is -2.51. The molecule has 1 aromatic heterocycles. The Hall–Kier alpha value is -1.13. The third kappa shape index (κ3) is 2.35. The van der Waals surface area contributed by atoms with Gasteiger partial charge in [0.15, 0.2) is 0 Å². The van der Waals surface area contributed by atoms with E-state index in [1.165, 1.54) is 6.20 Å². The van der Waals surface area contributed by atoms with Crippen molar-refractivity contribution in [1.82, 2.24) is 10.3 Å². The molecule has 1 aromatic rings. The van der Waals surface area contributed by atoms with E-state index in [2.05, 4.69) is 24.1 Å². The highest BCUT2D eigenvalue weighted by Crippen LogP contribution is 2.42. The van der Waals surface area contributed by atoms with Gasteiger partial charge in [-0.15, -0.1) is 0 Å². The first kappa shape index (κ1) is 13.3. The number of nitrogens with zero attached hydrogens (tertiary/aromatic N) is 1. The van der Waals surface area contributed by atoms with Crippen molar-refractivity contribution in [3.8, 4) is 0 Å². The molecule has 2 rings (SSSR count). The molecule has 0 aromatic carbocycles. The normalized spacial score (nSPS) is 25.3. The molecule has 2 unspecified atom stereocenters. The van der Waals surface area contributed by atoms with Crippen LogP contribution in [0.1, 0.15) is 30.8 Å². The molecule has 0 aliphatic heterocycles. The van der Waals surface area contributed by atoms with Gasteiger partial charge in [0.25, 0.3) is 5.91 Å². The number of nitrogens with one attached hydrogen (secondary N) is 1. The summed E-state index contributed by atoms with van der Waals surface area (Å²) in [5.41, 5.74) is 0.294. The summed E-state index contributed by atoms with van der Waals surface area (Å²) in [6, 6.07) is 3.32. The van der Waals surface area contributed by atoms with Gasteiger partial charge in [0, 0.05) is 29.8 Å². The van der Waals surface area contributed by atoms with Gasteiger partial charge < -0.3 is 10.1 Å². The van der Waals surface area contributed by atoms with Gasteiger partial charge in [-0.2, -0.15) is 0 Å². The van der Waals surface area contributed by atoms with Gasteiger partial charge in [-0.05, 0) is 18.6 Å². The van der Waals surface area contributed by atoms with Gasteiger partial charge >= 0.3 is 0 Å². The number of ether oxygens (including phenoxy) is 1. The minimum Gasteiger partial charge on any atom is -0.381 e. The number of carbonyl (C=O) groups is 1. The maximum absolute atomic E-state index is 12.0. The Balaban J connectivity index is 2.01. The van der Waals surface area contributed by atoms with E-state index in [-0.39, 0.29) is 23.5 Å². The number of hydrogen-bond acceptors (Lipinski definition) is 3. The van der Waals surface area contributed by atoms with Crippen LogP contribution in [0.5, 0.6) is 0 Å². The quantitative estimate of drug-likeness (QED) is 0.915. The van der Waals surface area contributed by atoms with Crippen LogP contribution in [0.25, 0.3) is 0 Å². The molecule has 0 radical (unpaired) electrons. The van der Waals surface area contributed by atoms with Gasteiger partial charge in [-0.3, -0.25) is 9.78 Å². The van der Waals surface area contributed by atoms with E-state index < -0.39 is 0 Å². The van der Waals surface area contributed by atoms with Crippen LogP contribution < -0.4 is 5.32 Å². The van der Waals surface area contributed by atoms with E-state index in [1.807, 2.05) is 0 Å². The molecule has 0 bridgehead atoms. The van der Waals surface area contributed by atoms with Crippen LogP contribution in [0.15, 0.2) is 18.3 Å². The van der Waals surface area contributed by atoms with Gasteiger partial charge in [-0.1, -0.05) is 25.4 Å². The third-order valence-electron chi connectivity index (χ3n) is 3.72. The molecule has 1 aliphatic rings. The Morgan fingerprint density at radius 3 is 2.89 bits per heavy atom. The molecular weight excluding hydrogens is 252 g/mol. The predicted molar refractivity (Wildman–Crippen MR) is 69.7 cm³/mol. The van der Waals surface area contributed by atoms with Crippen molar-refractivity contribution in [1.29, 1.82) is 0 Å². The van der Waals surface area contributed by atoms with Gasteiger partial charge in [-0.25, -0.2) is 0 Å². The first-order valence-corrected chi connectivity index (χ1v) is 6.28. The van der Waals surface area contributed by atoms with Crippen molar-refractivity contribution in [3.05, 3.63) is 29.0 Å². The molecule has 1 amide bonds. The molecule has 2 atom stereocenters. The number of halogens is 1. The van der Waals surface area contributed by atoms with E-state index in [0.717, 1.165) is 6.42 Å². The Kier molecular flexibility index (Phi) is 3.59. The van der Waals surface area contributed by atoms with Crippen LogP contribution in [-0.2, 0) is 4.74 Å². The maximum atomic E-state index is 12.0. The van der Waals surface area contributed by atoms with E-state index in [0.29, 0.717) is 10.7 Å². The molecule has 0 spiro atoms. The summed E-state index contributed by atoms with van der Waals surface area (Å²) in [4.78, 5) is 16.0. The van der Waals surface area contributed by atoms with Crippen molar-refractivity contribution in [2.24, 2.45) is 5.41 Å². The van der Waals surface area contributed by atoms with Gasteiger partial charge in [0.1, 0.15) is 5.69 Å². The highest BCUT2D eigenvalue weighted by molar-refractivity contribution is 6.30. The second kappa shape index (κ2) is 4.86. The Bertz CT molecular complexity index is 462. The van der Waals surface area contributed by atoms with E-state index in [1.54, 1.807) is 19.2 Å². The van der Waals surface area contributed by atoms with Crippen molar-refractivity contribution >= 4 is 17.5 Å². The van der Waals surface area contributed by atoms with Crippen LogP contribution in [0, 0.1) is 5.41 Å². The van der Waals surface area contributed by atoms with E-state index >= 15 is 0 Å². The molecule has 5 heteroatoms. The van der Waals surface area contributed by atoms with Crippen LogP contribution in [-0.4, -0.2) is 30.1 Å². The second-order valence-corrected chi connectivity index (χ2v) is 5.60. The SMILES string of the molecule is COC1CC(NC(=O)c2cc(Cl)ccn2)C1(C)C. The summed E-state index contributed by atoms with van der Waals surface area (Å²) in [6.45, 7) is 4.17. The van der Waals surface area contributed by atoms with E-state index in [4.69, 9.17) is 16.3 Å². The fourth-order valence-corrected chi connectivity index (χ4v) is 2.45. The Morgan fingerprint density at radius 1 is 1.61 bits per heavy atom. The first-order chi connectivity index (χ1) is 8.45. The van der Waals surface area contributed by atoms with Gasteiger partial charge in [0.2, 0.25) is 0 Å². The molecule has 0 saturated heterocycles. The van der Waals surface area contributed by atoms with E-state index in [9.17, 15) is 4.79 Å². The highest BCUT2D eigenvalue weighted by Gasteiger charge is 2.49. The molecule has 18 heavy (non-hydrogen) atoms. The van der Waals surface area contributed by atoms with Crippen LogP contribution in [0.2, 0.25) is 5.02 Å². The van der Waals surface area contributed by atoms with Crippen molar-refractivity contribution in [2.45, 2.75) is 32.4 Å². The number of methoxy groups -OCH3 is 1. The number of aromatic nitrogens is 1. The number of pyridine rings is 1. The predicted octanol–water partition coefficient (Wildman–Crippen LogP) is 2.28. The molecular formula is C13H17ClN2O2. The molecule has 98 valence electrons. The van der Waals surface area contributed by atoms with Crippen molar-refractivity contribution in [2.75, 3.05) is 7.11 Å². The topological polar surface area (TPSA) is 51.2 Å². The first-order valence-electron chi connectivity index (χ1n) is 5.90. The molecule has 1 saturated carbocycles. The summed E-state index contributed by atoms with van der Waals surface area (Å²) in [5, 5.41) is 3.49. The number of hydrogen-bond donors (Lipinski definition) is 1. The number of carbonyl (C=O) groups excluding carboxylic acids is 1. The smallest absolute Gasteiger partial charge is 0.270 e. The standard InChI is InChI=1S/C13H17ClN2O2/c1-13(2)10(7-11(13)18-3)16-12(17)9-6-8(14)4-5-15-9/h4-6,10-11H,7H2,1-3H3,(H,16,17). The fourth-order valence-electron chi connectivity index (χ4n) is 2.29. The molecule has 4 nitrogen and oxygen atoms in total. The monoisotopic (exact) mass is 268 g/mol. The third-order valence-corrected chi connectivity index (χ3v) is 3.96. The Morgan fingerprint density at radius 2 is 2.33 bits per heavy atom. The fraction of sp³-hybridized carbons (Fsp3) is 0.538. The molecule has 1 N–H and O–H groups in total. The largest absolute Gasteiger partial charge is 0.381 e. The lowest BCUT2D eigenvalue weighted by atomic mass is 9.64. The lowest BCUT2D eigenvalue weighted by molar-refractivity contribution is -0.0942. The summed E-state index contributed by atoms with van der Waals surface area (Å²) < 4.78 is 5.35. The van der Waals surface area contributed by atoms with Crippen molar-refractivity contribution < 1.29 is 9.53 Å². The average molecular weight is 269 g/mol. The zero-order valence-corrected chi connectivity index (χ0v) is 11.5. The minimum absolute atomic E-state index is 0.0526. The summed E-state index contributed by atoms with van der Waals surface area (Å²) in [7, 11) is 1.70. The molecule has 1 aliphatic carbocycles. The van der Waals surface area contributed by atoms with Crippen LogP contribution in [0.4, 0.5) is 0 Å².